The van der Waals surface area contributed by atoms with Crippen molar-refractivity contribution < 1.29 is 9.13 Å². The molecule has 2 nitrogen and oxygen atoms in total. The highest BCUT2D eigenvalue weighted by Gasteiger charge is 2.07. The molecule has 0 saturated carbocycles. The Hall–Kier alpha value is -0.910. The van der Waals surface area contributed by atoms with E-state index in [2.05, 4.69) is 31.9 Å². The molecular weight excluding hydrogens is 377 g/mol. The quantitative estimate of drug-likeness (QED) is 0.842. The maximum absolute atomic E-state index is 13.7. The van der Waals surface area contributed by atoms with E-state index >= 15 is 0 Å². The molecule has 2 aromatic carbocycles. The lowest BCUT2D eigenvalue weighted by molar-refractivity contribution is 0.296. The third-order valence-electron chi connectivity index (χ3n) is 2.64. The van der Waals surface area contributed by atoms with Gasteiger partial charge < -0.3 is 10.5 Å². The Balaban J connectivity index is 2.14. The highest BCUT2D eigenvalue weighted by Crippen LogP contribution is 2.24. The zero-order chi connectivity index (χ0) is 13.8. The molecule has 0 unspecified atom stereocenters. The van der Waals surface area contributed by atoms with E-state index in [0.717, 1.165) is 10.0 Å². The summed E-state index contributed by atoms with van der Waals surface area (Å²) in [6.45, 7) is 0.547. The first-order chi connectivity index (χ1) is 9.10. The van der Waals surface area contributed by atoms with Crippen LogP contribution < -0.4 is 10.5 Å². The summed E-state index contributed by atoms with van der Waals surface area (Å²) < 4.78 is 20.9. The van der Waals surface area contributed by atoms with Crippen molar-refractivity contribution in [1.29, 1.82) is 0 Å². The van der Waals surface area contributed by atoms with E-state index in [-0.39, 0.29) is 12.4 Å². The number of ether oxygens (including phenoxy) is 1. The molecule has 0 spiro atoms. The van der Waals surface area contributed by atoms with Crippen molar-refractivity contribution in [2.75, 3.05) is 0 Å². The molecule has 0 radical (unpaired) electrons. The zero-order valence-corrected chi connectivity index (χ0v) is 13.2. The van der Waals surface area contributed by atoms with Crippen molar-refractivity contribution in [3.8, 4) is 5.75 Å². The van der Waals surface area contributed by atoms with Gasteiger partial charge in [-0.15, -0.1) is 0 Å². The number of hydrogen-bond donors (Lipinski definition) is 1. The predicted molar refractivity (Wildman–Crippen MR) is 80.5 cm³/mol. The largest absolute Gasteiger partial charge is 0.488 e. The number of hydrogen-bond acceptors (Lipinski definition) is 2. The summed E-state index contributed by atoms with van der Waals surface area (Å²) in [6.07, 6.45) is 0. The number of halogens is 3. The molecule has 0 heterocycles. The van der Waals surface area contributed by atoms with Crippen molar-refractivity contribution in [1.82, 2.24) is 0 Å². The first-order valence-corrected chi connectivity index (χ1v) is 7.24. The molecule has 19 heavy (non-hydrogen) atoms. The molecule has 0 aliphatic carbocycles. The standard InChI is InChI=1S/C14H12Br2FNO/c15-11-3-4-14(10(5-11)7-18)19-8-9-1-2-12(16)6-13(9)17/h1-6H,7-8,18H2. The van der Waals surface area contributed by atoms with Gasteiger partial charge in [-0.2, -0.15) is 0 Å². The van der Waals surface area contributed by atoms with Gasteiger partial charge in [0.2, 0.25) is 0 Å². The first-order valence-electron chi connectivity index (χ1n) is 5.65. The van der Waals surface area contributed by atoms with Crippen LogP contribution in [0.3, 0.4) is 0 Å². The molecule has 0 saturated heterocycles. The average Bonchev–Trinajstić information content (AvgIpc) is 2.39. The molecule has 2 N–H and O–H groups in total. The third-order valence-corrected chi connectivity index (χ3v) is 3.63. The Morgan fingerprint density at radius 3 is 2.37 bits per heavy atom. The summed E-state index contributed by atoms with van der Waals surface area (Å²) in [4.78, 5) is 0. The van der Waals surface area contributed by atoms with Crippen LogP contribution in [0.25, 0.3) is 0 Å². The van der Waals surface area contributed by atoms with Crippen molar-refractivity contribution in [2.45, 2.75) is 13.2 Å². The van der Waals surface area contributed by atoms with Gasteiger partial charge >= 0.3 is 0 Å². The minimum atomic E-state index is -0.291. The van der Waals surface area contributed by atoms with Gasteiger partial charge in [-0.25, -0.2) is 4.39 Å². The molecule has 0 fully saturated rings. The fourth-order valence-electron chi connectivity index (χ4n) is 1.64. The number of nitrogens with two attached hydrogens (primary N) is 1. The topological polar surface area (TPSA) is 35.2 Å². The summed E-state index contributed by atoms with van der Waals surface area (Å²) in [5.74, 6) is 0.383. The van der Waals surface area contributed by atoms with Gasteiger partial charge in [0.05, 0.1) is 0 Å². The van der Waals surface area contributed by atoms with Crippen molar-refractivity contribution in [2.24, 2.45) is 5.73 Å². The lowest BCUT2D eigenvalue weighted by atomic mass is 10.2. The SMILES string of the molecule is NCc1cc(Br)ccc1OCc1ccc(Br)cc1F. The Morgan fingerprint density at radius 1 is 1.00 bits per heavy atom. The Kier molecular flexibility index (Phi) is 4.96. The normalized spacial score (nSPS) is 10.5. The fraction of sp³-hybridized carbons (Fsp3) is 0.143. The van der Waals surface area contributed by atoms with E-state index in [1.54, 1.807) is 12.1 Å². The first kappa shape index (κ1) is 14.5. The molecule has 0 amide bonds. The minimum Gasteiger partial charge on any atom is -0.488 e. The maximum Gasteiger partial charge on any atom is 0.130 e. The van der Waals surface area contributed by atoms with E-state index in [1.165, 1.54) is 6.07 Å². The molecule has 5 heteroatoms. The van der Waals surface area contributed by atoms with E-state index in [0.29, 0.717) is 22.3 Å². The second-order valence-electron chi connectivity index (χ2n) is 3.98. The van der Waals surface area contributed by atoms with Crippen LogP contribution in [-0.2, 0) is 13.2 Å². The summed E-state index contributed by atoms with van der Waals surface area (Å²) in [5, 5.41) is 0. The predicted octanol–water partition coefficient (Wildman–Crippen LogP) is 4.39. The maximum atomic E-state index is 13.7. The van der Waals surface area contributed by atoms with Crippen LogP contribution >= 0.6 is 31.9 Å². The number of rotatable bonds is 4. The van der Waals surface area contributed by atoms with Gasteiger partial charge in [0.1, 0.15) is 18.2 Å². The molecule has 0 aliphatic heterocycles. The van der Waals surface area contributed by atoms with Gasteiger partial charge in [0.25, 0.3) is 0 Å². The Morgan fingerprint density at radius 2 is 1.68 bits per heavy atom. The van der Waals surface area contributed by atoms with Gasteiger partial charge in [0.15, 0.2) is 0 Å². The van der Waals surface area contributed by atoms with E-state index in [1.807, 2.05) is 18.2 Å². The molecule has 0 aliphatic rings. The molecule has 0 atom stereocenters. The highest BCUT2D eigenvalue weighted by atomic mass is 79.9. The molecule has 100 valence electrons. The van der Waals surface area contributed by atoms with Crippen LogP contribution in [0.2, 0.25) is 0 Å². The zero-order valence-electron chi connectivity index (χ0n) is 10.00. The summed E-state index contributed by atoms with van der Waals surface area (Å²) in [5.41, 5.74) is 7.05. The van der Waals surface area contributed by atoms with Gasteiger partial charge in [-0.1, -0.05) is 37.9 Å². The Labute approximate surface area is 128 Å². The van der Waals surface area contributed by atoms with E-state index in [9.17, 15) is 4.39 Å². The smallest absolute Gasteiger partial charge is 0.130 e. The Bertz CT molecular complexity index is 590. The third kappa shape index (κ3) is 3.78. The van der Waals surface area contributed by atoms with Crippen molar-refractivity contribution >= 4 is 31.9 Å². The molecule has 2 aromatic rings. The average molecular weight is 389 g/mol. The number of benzene rings is 2. The monoisotopic (exact) mass is 387 g/mol. The van der Waals surface area contributed by atoms with Crippen LogP contribution in [0.5, 0.6) is 5.75 Å². The molecule has 2 rings (SSSR count). The minimum absolute atomic E-state index is 0.174. The lowest BCUT2D eigenvalue weighted by Gasteiger charge is -2.11. The fourth-order valence-corrected chi connectivity index (χ4v) is 2.38. The van der Waals surface area contributed by atoms with Crippen LogP contribution in [0.15, 0.2) is 45.3 Å². The van der Waals surface area contributed by atoms with E-state index < -0.39 is 0 Å². The molecule has 0 bridgehead atoms. The van der Waals surface area contributed by atoms with Gasteiger partial charge in [-0.05, 0) is 30.3 Å². The summed E-state index contributed by atoms with van der Waals surface area (Å²) in [6, 6.07) is 10.5. The van der Waals surface area contributed by atoms with Crippen LogP contribution in [0.1, 0.15) is 11.1 Å². The molecular formula is C14H12Br2FNO. The van der Waals surface area contributed by atoms with E-state index in [4.69, 9.17) is 10.5 Å². The second kappa shape index (κ2) is 6.50. The van der Waals surface area contributed by atoms with Crippen LogP contribution in [0, 0.1) is 5.82 Å². The molecule has 0 aromatic heterocycles. The van der Waals surface area contributed by atoms with Crippen LogP contribution in [0.4, 0.5) is 4.39 Å². The second-order valence-corrected chi connectivity index (χ2v) is 5.81. The van der Waals surface area contributed by atoms with Crippen molar-refractivity contribution in [3.63, 3.8) is 0 Å². The summed E-state index contributed by atoms with van der Waals surface area (Å²) >= 11 is 6.60. The van der Waals surface area contributed by atoms with Crippen LogP contribution in [-0.4, -0.2) is 0 Å². The van der Waals surface area contributed by atoms with Gasteiger partial charge in [-0.3, -0.25) is 0 Å². The van der Waals surface area contributed by atoms with Crippen molar-refractivity contribution in [3.05, 3.63) is 62.3 Å². The summed E-state index contributed by atoms with van der Waals surface area (Å²) in [7, 11) is 0. The lowest BCUT2D eigenvalue weighted by Crippen LogP contribution is -2.04. The van der Waals surface area contributed by atoms with Gasteiger partial charge in [0, 0.05) is 26.6 Å². The highest BCUT2D eigenvalue weighted by molar-refractivity contribution is 9.10.